The number of hydrogen-bond donors (Lipinski definition) is 0. The third kappa shape index (κ3) is 2.13. The zero-order valence-electron chi connectivity index (χ0n) is 8.65. The molecule has 2 rings (SSSR count). The van der Waals surface area contributed by atoms with E-state index < -0.39 is 0 Å². The van der Waals surface area contributed by atoms with E-state index in [-0.39, 0.29) is 0 Å². The van der Waals surface area contributed by atoms with Crippen molar-refractivity contribution in [1.82, 2.24) is 4.98 Å². The van der Waals surface area contributed by atoms with Gasteiger partial charge in [-0.2, -0.15) is 0 Å². The largest absolute Gasteiger partial charge is 0.450 e. The number of pyridine rings is 1. The normalized spacial score (nSPS) is 10.3. The second-order valence-corrected chi connectivity index (χ2v) is 4.03. The van der Waals surface area contributed by atoms with E-state index in [1.165, 1.54) is 0 Å². The van der Waals surface area contributed by atoms with E-state index in [1.807, 2.05) is 25.3 Å². The van der Waals surface area contributed by atoms with Gasteiger partial charge in [0.1, 0.15) is 5.75 Å². The first kappa shape index (κ1) is 10.1. The molecule has 15 heavy (non-hydrogen) atoms. The predicted octanol–water partition coefficient (Wildman–Crippen LogP) is 3.27. The number of ether oxygens (including phenoxy) is 1. The van der Waals surface area contributed by atoms with Crippen LogP contribution >= 0.6 is 12.2 Å². The van der Waals surface area contributed by atoms with Gasteiger partial charge in [-0.3, -0.25) is 4.98 Å². The van der Waals surface area contributed by atoms with Gasteiger partial charge in [0.05, 0.1) is 0 Å². The molecule has 0 amide bonds. The molecule has 0 atom stereocenters. The molecule has 0 bridgehead atoms. The number of benzene rings is 1. The smallest absolute Gasteiger partial charge is 0.164 e. The molecule has 3 heteroatoms. The highest BCUT2D eigenvalue weighted by Gasteiger charge is 2.04. The van der Waals surface area contributed by atoms with E-state index in [1.54, 1.807) is 13.1 Å². The Kier molecular flexibility index (Phi) is 2.64. The van der Waals surface area contributed by atoms with Gasteiger partial charge >= 0.3 is 0 Å². The lowest BCUT2D eigenvalue weighted by Gasteiger charge is -2.08. The fourth-order valence-corrected chi connectivity index (χ4v) is 1.65. The minimum absolute atomic E-state index is 0.527. The first-order chi connectivity index (χ1) is 7.16. The van der Waals surface area contributed by atoms with Gasteiger partial charge in [0.15, 0.2) is 5.05 Å². The van der Waals surface area contributed by atoms with Crippen molar-refractivity contribution >= 4 is 28.0 Å². The summed E-state index contributed by atoms with van der Waals surface area (Å²) >= 11 is 4.95. The Hall–Kier alpha value is -1.48. The van der Waals surface area contributed by atoms with Gasteiger partial charge in [-0.05, 0) is 42.9 Å². The maximum absolute atomic E-state index is 5.51. The summed E-state index contributed by atoms with van der Waals surface area (Å²) < 4.78 is 5.51. The van der Waals surface area contributed by atoms with Crippen LogP contribution in [0.1, 0.15) is 12.5 Å². The van der Waals surface area contributed by atoms with Crippen LogP contribution in [0.2, 0.25) is 0 Å². The highest BCUT2D eigenvalue weighted by Crippen LogP contribution is 2.26. The van der Waals surface area contributed by atoms with Gasteiger partial charge < -0.3 is 4.74 Å². The molecule has 2 aromatic rings. The van der Waals surface area contributed by atoms with Crippen molar-refractivity contribution in [1.29, 1.82) is 0 Å². The number of aryl methyl sites for hydroxylation is 1. The van der Waals surface area contributed by atoms with E-state index in [0.29, 0.717) is 5.05 Å². The Morgan fingerprint density at radius 2 is 2.20 bits per heavy atom. The topological polar surface area (TPSA) is 22.1 Å². The molecule has 1 aromatic heterocycles. The molecule has 0 fully saturated rings. The third-order valence-corrected chi connectivity index (χ3v) is 2.20. The fourth-order valence-electron chi connectivity index (χ4n) is 1.56. The van der Waals surface area contributed by atoms with Crippen molar-refractivity contribution in [3.8, 4) is 5.75 Å². The van der Waals surface area contributed by atoms with E-state index in [2.05, 4.69) is 11.1 Å². The average Bonchev–Trinajstić information content (AvgIpc) is 2.16. The standard InChI is InChI=1S/C12H11NOS/c1-8-5-10-7-13-4-3-11(10)12(6-8)14-9(2)15/h3-7H,1-2H3. The number of rotatable bonds is 1. The van der Waals surface area contributed by atoms with E-state index in [0.717, 1.165) is 22.1 Å². The number of thiocarbonyl (C=S) groups is 1. The summed E-state index contributed by atoms with van der Waals surface area (Å²) in [6.45, 7) is 3.79. The molecule has 2 nitrogen and oxygen atoms in total. The Labute approximate surface area is 93.9 Å². The van der Waals surface area contributed by atoms with E-state index in [9.17, 15) is 0 Å². The molecule has 1 aromatic carbocycles. The number of hydrogen-bond acceptors (Lipinski definition) is 3. The van der Waals surface area contributed by atoms with Gasteiger partial charge in [-0.25, -0.2) is 0 Å². The molecule has 0 aliphatic rings. The summed E-state index contributed by atoms with van der Waals surface area (Å²) in [6.07, 6.45) is 3.58. The molecule has 0 radical (unpaired) electrons. The minimum atomic E-state index is 0.527. The zero-order chi connectivity index (χ0) is 10.8. The van der Waals surface area contributed by atoms with Gasteiger partial charge in [-0.1, -0.05) is 0 Å². The number of fused-ring (bicyclic) bond motifs is 1. The summed E-state index contributed by atoms with van der Waals surface area (Å²) in [7, 11) is 0. The van der Waals surface area contributed by atoms with Crippen molar-refractivity contribution < 1.29 is 4.74 Å². The Bertz CT molecular complexity index is 522. The van der Waals surface area contributed by atoms with Crippen LogP contribution < -0.4 is 4.74 Å². The molecule has 0 unspecified atom stereocenters. The fraction of sp³-hybridized carbons (Fsp3) is 0.167. The number of nitrogens with zero attached hydrogens (tertiary/aromatic N) is 1. The first-order valence-electron chi connectivity index (χ1n) is 4.69. The molecule has 1 heterocycles. The highest BCUT2D eigenvalue weighted by atomic mass is 32.1. The van der Waals surface area contributed by atoms with Crippen molar-refractivity contribution in [2.75, 3.05) is 0 Å². The first-order valence-corrected chi connectivity index (χ1v) is 5.10. The molecule has 0 saturated heterocycles. The van der Waals surface area contributed by atoms with Crippen molar-refractivity contribution in [2.45, 2.75) is 13.8 Å². The third-order valence-electron chi connectivity index (χ3n) is 2.11. The van der Waals surface area contributed by atoms with Gasteiger partial charge in [0.2, 0.25) is 0 Å². The van der Waals surface area contributed by atoms with Gasteiger partial charge in [0, 0.05) is 30.1 Å². The molecular weight excluding hydrogens is 206 g/mol. The quantitative estimate of drug-likeness (QED) is 0.684. The Morgan fingerprint density at radius 1 is 1.40 bits per heavy atom. The lowest BCUT2D eigenvalue weighted by atomic mass is 10.1. The molecular formula is C12H11NOS. The Balaban J connectivity index is 2.65. The second-order valence-electron chi connectivity index (χ2n) is 3.45. The second kappa shape index (κ2) is 3.95. The lowest BCUT2D eigenvalue weighted by Crippen LogP contribution is -1.99. The van der Waals surface area contributed by atoms with Crippen molar-refractivity contribution in [3.63, 3.8) is 0 Å². The lowest BCUT2D eigenvalue weighted by molar-refractivity contribution is 0.567. The molecule has 0 saturated carbocycles. The van der Waals surface area contributed by atoms with Crippen molar-refractivity contribution in [3.05, 3.63) is 36.2 Å². The average molecular weight is 217 g/mol. The molecule has 0 aliphatic carbocycles. The summed E-state index contributed by atoms with van der Waals surface area (Å²) in [5.74, 6) is 0.805. The summed E-state index contributed by atoms with van der Waals surface area (Å²) in [6, 6.07) is 5.99. The zero-order valence-corrected chi connectivity index (χ0v) is 9.47. The highest BCUT2D eigenvalue weighted by molar-refractivity contribution is 7.80. The molecule has 0 N–H and O–H groups in total. The minimum Gasteiger partial charge on any atom is -0.450 e. The van der Waals surface area contributed by atoms with Crippen LogP contribution in [0.5, 0.6) is 5.75 Å². The summed E-state index contributed by atoms with van der Waals surface area (Å²) in [5, 5.41) is 2.64. The van der Waals surface area contributed by atoms with Crippen LogP contribution in [0.25, 0.3) is 10.8 Å². The van der Waals surface area contributed by atoms with Crippen LogP contribution in [0.4, 0.5) is 0 Å². The van der Waals surface area contributed by atoms with E-state index >= 15 is 0 Å². The van der Waals surface area contributed by atoms with Gasteiger partial charge in [0.25, 0.3) is 0 Å². The van der Waals surface area contributed by atoms with Crippen LogP contribution in [0, 0.1) is 6.92 Å². The monoisotopic (exact) mass is 217 g/mol. The van der Waals surface area contributed by atoms with Crippen LogP contribution in [0.15, 0.2) is 30.6 Å². The van der Waals surface area contributed by atoms with Crippen molar-refractivity contribution in [2.24, 2.45) is 0 Å². The molecule has 0 spiro atoms. The van der Waals surface area contributed by atoms with Gasteiger partial charge in [-0.15, -0.1) is 0 Å². The van der Waals surface area contributed by atoms with E-state index in [4.69, 9.17) is 17.0 Å². The molecule has 76 valence electrons. The summed E-state index contributed by atoms with van der Waals surface area (Å²) in [4.78, 5) is 4.09. The summed E-state index contributed by atoms with van der Waals surface area (Å²) in [5.41, 5.74) is 1.14. The molecule has 0 aliphatic heterocycles. The van der Waals surface area contributed by atoms with Crippen LogP contribution in [-0.2, 0) is 0 Å². The Morgan fingerprint density at radius 3 is 2.93 bits per heavy atom. The van der Waals surface area contributed by atoms with Crippen LogP contribution in [-0.4, -0.2) is 10.0 Å². The maximum Gasteiger partial charge on any atom is 0.164 e. The predicted molar refractivity (Wildman–Crippen MR) is 65.4 cm³/mol. The van der Waals surface area contributed by atoms with Crippen LogP contribution in [0.3, 0.4) is 0 Å². The number of aromatic nitrogens is 1. The SMILES string of the molecule is CC(=S)Oc1cc(C)cc2cnccc12. The maximum atomic E-state index is 5.51.